The van der Waals surface area contributed by atoms with E-state index in [1.165, 1.54) is 13.8 Å². The monoisotopic (exact) mass is 346 g/mol. The van der Waals surface area contributed by atoms with Crippen molar-refractivity contribution in [1.82, 2.24) is 9.80 Å². The fraction of sp³-hybridized carbons (Fsp3) is 0.500. The van der Waals surface area contributed by atoms with Crippen molar-refractivity contribution in [1.29, 1.82) is 0 Å². The summed E-state index contributed by atoms with van der Waals surface area (Å²) >= 11 is 0. The Morgan fingerprint density at radius 2 is 2.12 bits per heavy atom. The molecule has 3 rings (SSSR count). The molecule has 0 aliphatic carbocycles. The summed E-state index contributed by atoms with van der Waals surface area (Å²) in [7, 11) is 1.60. The Morgan fingerprint density at radius 3 is 2.76 bits per heavy atom. The molecular weight excluding hydrogens is 324 g/mol. The molecule has 2 aliphatic heterocycles. The quantitative estimate of drug-likeness (QED) is 0.835. The molecule has 1 atom stereocenters. The van der Waals surface area contributed by atoms with Gasteiger partial charge in [-0.2, -0.15) is 0 Å². The van der Waals surface area contributed by atoms with Gasteiger partial charge >= 0.3 is 6.09 Å². The van der Waals surface area contributed by atoms with E-state index in [1.54, 1.807) is 12.0 Å². The minimum Gasteiger partial charge on any atom is -0.497 e. The maximum Gasteiger partial charge on any atom is 0.418 e. The number of hydrogen-bond acceptors (Lipinski definition) is 5. The number of carbonyl (C=O) groups excluding carboxylic acids is 3. The first-order valence-electron chi connectivity index (χ1n) is 8.32. The van der Waals surface area contributed by atoms with E-state index in [0.717, 1.165) is 29.1 Å². The highest BCUT2D eigenvalue weighted by molar-refractivity contribution is 6.04. The highest BCUT2D eigenvalue weighted by Crippen LogP contribution is 2.34. The van der Waals surface area contributed by atoms with Crippen LogP contribution in [0.5, 0.6) is 5.75 Å². The van der Waals surface area contributed by atoms with Crippen LogP contribution in [0.2, 0.25) is 0 Å². The lowest BCUT2D eigenvalue weighted by Crippen LogP contribution is -2.44. The molecule has 2 aliphatic rings. The number of likely N-dealkylation sites (tertiary alicyclic amines) is 1. The highest BCUT2D eigenvalue weighted by Gasteiger charge is 2.48. The molecule has 0 saturated carbocycles. The molecule has 2 heterocycles. The molecule has 25 heavy (non-hydrogen) atoms. The fourth-order valence-electron chi connectivity index (χ4n) is 3.35. The molecule has 134 valence electrons. The van der Waals surface area contributed by atoms with E-state index in [-0.39, 0.29) is 18.5 Å². The number of hydrogen-bond donors (Lipinski definition) is 0. The average molecular weight is 346 g/mol. The molecule has 1 aromatic carbocycles. The van der Waals surface area contributed by atoms with E-state index in [0.29, 0.717) is 6.54 Å². The van der Waals surface area contributed by atoms with Crippen molar-refractivity contribution in [2.45, 2.75) is 38.3 Å². The summed E-state index contributed by atoms with van der Waals surface area (Å²) < 4.78 is 10.3. The van der Waals surface area contributed by atoms with E-state index in [2.05, 4.69) is 0 Å². The summed E-state index contributed by atoms with van der Waals surface area (Å²) in [4.78, 5) is 39.4. The van der Waals surface area contributed by atoms with Crippen molar-refractivity contribution in [3.05, 3.63) is 29.8 Å². The van der Waals surface area contributed by atoms with Gasteiger partial charge in [0.1, 0.15) is 12.3 Å². The second-order valence-electron chi connectivity index (χ2n) is 6.79. The molecule has 0 unspecified atom stereocenters. The normalized spacial score (nSPS) is 22.3. The second-order valence-corrected chi connectivity index (χ2v) is 6.79. The van der Waals surface area contributed by atoms with Crippen LogP contribution in [-0.4, -0.2) is 53.5 Å². The third-order valence-corrected chi connectivity index (χ3v) is 4.67. The topological polar surface area (TPSA) is 76.2 Å². The molecule has 7 heteroatoms. The Hall–Kier alpha value is -2.57. The van der Waals surface area contributed by atoms with E-state index in [9.17, 15) is 14.4 Å². The minimum atomic E-state index is -1.21. The van der Waals surface area contributed by atoms with Crippen molar-refractivity contribution in [3.63, 3.8) is 0 Å². The van der Waals surface area contributed by atoms with E-state index in [1.807, 2.05) is 24.3 Å². The number of benzene rings is 1. The van der Waals surface area contributed by atoms with Gasteiger partial charge in [-0.05, 0) is 44.4 Å². The van der Waals surface area contributed by atoms with Gasteiger partial charge in [0.25, 0.3) is 5.91 Å². The summed E-state index contributed by atoms with van der Waals surface area (Å²) in [5, 5.41) is 0. The maximum atomic E-state index is 12.7. The van der Waals surface area contributed by atoms with Crippen LogP contribution >= 0.6 is 0 Å². The van der Waals surface area contributed by atoms with Crippen molar-refractivity contribution in [3.8, 4) is 5.75 Å². The van der Waals surface area contributed by atoms with Crippen LogP contribution in [0.25, 0.3) is 0 Å². The summed E-state index contributed by atoms with van der Waals surface area (Å²) in [6.07, 6.45) is 0.945. The first-order valence-corrected chi connectivity index (χ1v) is 8.32. The number of imide groups is 1. The third-order valence-electron chi connectivity index (χ3n) is 4.67. The van der Waals surface area contributed by atoms with Crippen molar-refractivity contribution in [2.75, 3.05) is 20.2 Å². The van der Waals surface area contributed by atoms with Crippen molar-refractivity contribution in [2.24, 2.45) is 0 Å². The van der Waals surface area contributed by atoms with Gasteiger partial charge in [0.15, 0.2) is 5.60 Å². The number of ether oxygens (including phenoxy) is 2. The molecule has 0 aromatic heterocycles. The van der Waals surface area contributed by atoms with Crippen LogP contribution in [0.15, 0.2) is 24.3 Å². The zero-order chi connectivity index (χ0) is 18.2. The second kappa shape index (κ2) is 6.38. The van der Waals surface area contributed by atoms with Gasteiger partial charge in [0.05, 0.1) is 13.2 Å². The van der Waals surface area contributed by atoms with Crippen molar-refractivity contribution >= 4 is 17.9 Å². The lowest BCUT2D eigenvalue weighted by atomic mass is 10.0. The SMILES string of the molecule is COc1cccc([C@H]2CCCN2C(=O)CN2C(=O)OC(C)(C)C2=O)c1. The predicted octanol–water partition coefficient (Wildman–Crippen LogP) is 2.12. The van der Waals surface area contributed by atoms with Gasteiger partial charge in [-0.25, -0.2) is 9.69 Å². The van der Waals surface area contributed by atoms with Crippen LogP contribution in [0, 0.1) is 0 Å². The molecule has 0 spiro atoms. The summed E-state index contributed by atoms with van der Waals surface area (Å²) in [6, 6.07) is 7.53. The predicted molar refractivity (Wildman–Crippen MR) is 89.0 cm³/mol. The Morgan fingerprint density at radius 1 is 1.36 bits per heavy atom. The van der Waals surface area contributed by atoms with Gasteiger partial charge in [0, 0.05) is 6.54 Å². The number of methoxy groups -OCH3 is 1. The lowest BCUT2D eigenvalue weighted by molar-refractivity contribution is -0.140. The fourth-order valence-corrected chi connectivity index (χ4v) is 3.35. The maximum absolute atomic E-state index is 12.7. The molecule has 7 nitrogen and oxygen atoms in total. The van der Waals surface area contributed by atoms with Gasteiger partial charge in [-0.1, -0.05) is 12.1 Å². The number of amides is 3. The zero-order valence-electron chi connectivity index (χ0n) is 14.7. The van der Waals surface area contributed by atoms with Gasteiger partial charge in [-0.15, -0.1) is 0 Å². The molecule has 2 saturated heterocycles. The number of nitrogens with zero attached hydrogens (tertiary/aromatic N) is 2. The van der Waals surface area contributed by atoms with Crippen LogP contribution in [0.4, 0.5) is 4.79 Å². The van der Waals surface area contributed by atoms with Gasteiger partial charge < -0.3 is 14.4 Å². The van der Waals surface area contributed by atoms with Crippen LogP contribution in [0.3, 0.4) is 0 Å². The van der Waals surface area contributed by atoms with E-state index >= 15 is 0 Å². The van der Waals surface area contributed by atoms with Crippen molar-refractivity contribution < 1.29 is 23.9 Å². The zero-order valence-corrected chi connectivity index (χ0v) is 14.7. The lowest BCUT2D eigenvalue weighted by Gasteiger charge is -2.26. The van der Waals surface area contributed by atoms with Crippen LogP contribution in [-0.2, 0) is 14.3 Å². The van der Waals surface area contributed by atoms with Crippen LogP contribution < -0.4 is 4.74 Å². The summed E-state index contributed by atoms with van der Waals surface area (Å²) in [5.41, 5.74) is -0.227. The summed E-state index contributed by atoms with van der Waals surface area (Å²) in [5.74, 6) is -0.00635. The summed E-state index contributed by atoms with van der Waals surface area (Å²) in [6.45, 7) is 3.35. The van der Waals surface area contributed by atoms with E-state index in [4.69, 9.17) is 9.47 Å². The molecule has 0 bridgehead atoms. The smallest absolute Gasteiger partial charge is 0.418 e. The molecule has 1 aromatic rings. The minimum absolute atomic E-state index is 0.0793. The molecular formula is C18H22N2O5. The Labute approximate surface area is 146 Å². The number of rotatable bonds is 4. The Bertz CT molecular complexity index is 715. The highest BCUT2D eigenvalue weighted by atomic mass is 16.6. The molecule has 0 N–H and O–H groups in total. The first-order chi connectivity index (χ1) is 11.8. The molecule has 3 amide bonds. The average Bonchev–Trinajstić information content (AvgIpc) is 3.14. The standard InChI is InChI=1S/C18H22N2O5/c1-18(2)16(22)20(17(23)25-18)11-15(21)19-9-5-8-14(19)12-6-4-7-13(10-12)24-3/h4,6-7,10,14H,5,8-9,11H2,1-3H3/t14-/m1/s1. The first kappa shape index (κ1) is 17.3. The van der Waals surface area contributed by atoms with Crippen LogP contribution in [0.1, 0.15) is 38.3 Å². The van der Waals surface area contributed by atoms with Gasteiger partial charge in [-0.3, -0.25) is 9.59 Å². The molecule has 2 fully saturated rings. The molecule has 0 radical (unpaired) electrons. The Balaban J connectivity index is 1.75. The largest absolute Gasteiger partial charge is 0.497 e. The third kappa shape index (κ3) is 3.18. The van der Waals surface area contributed by atoms with E-state index < -0.39 is 17.6 Å². The van der Waals surface area contributed by atoms with Gasteiger partial charge in [0.2, 0.25) is 5.91 Å². The Kier molecular flexibility index (Phi) is 4.41. The number of cyclic esters (lactones) is 1. The number of carbonyl (C=O) groups is 3.